The number of anilines is 1. The molecule has 1 aliphatic rings. The van der Waals surface area contributed by atoms with Gasteiger partial charge in [0.15, 0.2) is 0 Å². The maximum Gasteiger partial charge on any atom is 0.410 e. The molecule has 1 saturated heterocycles. The van der Waals surface area contributed by atoms with E-state index in [1.807, 2.05) is 43.9 Å². The van der Waals surface area contributed by atoms with Crippen molar-refractivity contribution in [2.75, 3.05) is 24.5 Å². The number of carbonyl (C=O) groups is 1. The second kappa shape index (κ2) is 6.54. The average molecular weight is 334 g/mol. The Labute approximate surface area is 145 Å². The number of ether oxygens (including phenoxy) is 1. The summed E-state index contributed by atoms with van der Waals surface area (Å²) in [5, 5.41) is 10.1. The SMILES string of the molecule is CC(C)(C)OC(=O)N1CCN(c2ccccc2O)CC1C(C)(C)C. The molecule has 2 rings (SSSR count). The first-order chi connectivity index (χ1) is 11.0. The largest absolute Gasteiger partial charge is 0.506 e. The second-order valence-corrected chi connectivity index (χ2v) is 8.49. The van der Waals surface area contributed by atoms with Crippen LogP contribution >= 0.6 is 0 Å². The maximum atomic E-state index is 12.6. The molecule has 1 aromatic rings. The molecule has 1 aromatic carbocycles. The Bertz CT molecular complexity index is 587. The topological polar surface area (TPSA) is 53.0 Å². The smallest absolute Gasteiger partial charge is 0.410 e. The molecule has 1 fully saturated rings. The van der Waals surface area contributed by atoms with Crippen LogP contribution in [0, 0.1) is 5.41 Å². The minimum Gasteiger partial charge on any atom is -0.506 e. The van der Waals surface area contributed by atoms with Gasteiger partial charge in [0.25, 0.3) is 0 Å². The normalized spacial score (nSPS) is 19.3. The fourth-order valence-electron chi connectivity index (χ4n) is 3.01. The number of phenolic OH excluding ortho intramolecular Hbond substituents is 1. The van der Waals surface area contributed by atoms with Gasteiger partial charge in [-0.2, -0.15) is 0 Å². The van der Waals surface area contributed by atoms with Gasteiger partial charge in [0.1, 0.15) is 11.4 Å². The van der Waals surface area contributed by atoms with Gasteiger partial charge < -0.3 is 19.6 Å². The molecular formula is C19H30N2O3. The third-order valence-corrected chi connectivity index (χ3v) is 4.23. The lowest BCUT2D eigenvalue weighted by atomic mass is 9.84. The predicted molar refractivity (Wildman–Crippen MR) is 96.5 cm³/mol. The van der Waals surface area contributed by atoms with Gasteiger partial charge in [-0.3, -0.25) is 0 Å². The van der Waals surface area contributed by atoms with E-state index in [4.69, 9.17) is 4.74 Å². The molecule has 0 saturated carbocycles. The van der Waals surface area contributed by atoms with Crippen molar-refractivity contribution in [2.45, 2.75) is 53.2 Å². The van der Waals surface area contributed by atoms with Crippen molar-refractivity contribution in [3.63, 3.8) is 0 Å². The number of aromatic hydroxyl groups is 1. The van der Waals surface area contributed by atoms with E-state index in [0.717, 1.165) is 5.69 Å². The van der Waals surface area contributed by atoms with Crippen molar-refractivity contribution in [3.8, 4) is 5.75 Å². The number of benzene rings is 1. The number of rotatable bonds is 1. The summed E-state index contributed by atoms with van der Waals surface area (Å²) >= 11 is 0. The van der Waals surface area contributed by atoms with Gasteiger partial charge in [0.2, 0.25) is 0 Å². The number of phenols is 1. The third-order valence-electron chi connectivity index (χ3n) is 4.23. The van der Waals surface area contributed by atoms with Gasteiger partial charge in [0.05, 0.1) is 11.7 Å². The summed E-state index contributed by atoms with van der Waals surface area (Å²) in [6, 6.07) is 7.35. The quantitative estimate of drug-likeness (QED) is 0.847. The second-order valence-electron chi connectivity index (χ2n) is 8.49. The molecule has 1 aliphatic heterocycles. The van der Waals surface area contributed by atoms with E-state index in [2.05, 4.69) is 25.7 Å². The van der Waals surface area contributed by atoms with E-state index < -0.39 is 5.60 Å². The van der Waals surface area contributed by atoms with Gasteiger partial charge in [-0.1, -0.05) is 32.9 Å². The highest BCUT2D eigenvalue weighted by Gasteiger charge is 2.40. The molecule has 0 aliphatic carbocycles. The Hall–Kier alpha value is -1.91. The summed E-state index contributed by atoms with van der Waals surface area (Å²) in [6.07, 6.45) is -0.264. The molecule has 134 valence electrons. The van der Waals surface area contributed by atoms with Crippen molar-refractivity contribution in [1.82, 2.24) is 4.90 Å². The fourth-order valence-corrected chi connectivity index (χ4v) is 3.01. The summed E-state index contributed by atoms with van der Waals surface area (Å²) in [5.41, 5.74) is 0.213. The van der Waals surface area contributed by atoms with Crippen LogP contribution in [0.3, 0.4) is 0 Å². The summed E-state index contributed by atoms with van der Waals surface area (Å²) < 4.78 is 5.59. The summed E-state index contributed by atoms with van der Waals surface area (Å²) in [4.78, 5) is 16.6. The molecule has 0 bridgehead atoms. The van der Waals surface area contributed by atoms with E-state index in [-0.39, 0.29) is 23.3 Å². The minimum atomic E-state index is -0.506. The Kier molecular flexibility index (Phi) is 5.02. The fraction of sp³-hybridized carbons (Fsp3) is 0.632. The van der Waals surface area contributed by atoms with Gasteiger partial charge in [-0.25, -0.2) is 4.79 Å². The monoisotopic (exact) mass is 334 g/mol. The molecule has 0 spiro atoms. The Balaban J connectivity index is 2.22. The molecule has 1 unspecified atom stereocenters. The number of para-hydroxylation sites is 2. The molecule has 0 aromatic heterocycles. The highest BCUT2D eigenvalue weighted by Crippen LogP contribution is 2.34. The molecule has 5 nitrogen and oxygen atoms in total. The Morgan fingerprint density at radius 1 is 1.12 bits per heavy atom. The molecule has 1 heterocycles. The van der Waals surface area contributed by atoms with Crippen LogP contribution in [0.5, 0.6) is 5.75 Å². The zero-order valence-corrected chi connectivity index (χ0v) is 15.7. The van der Waals surface area contributed by atoms with Gasteiger partial charge in [-0.05, 0) is 38.3 Å². The van der Waals surface area contributed by atoms with Gasteiger partial charge in [0, 0.05) is 19.6 Å². The maximum absolute atomic E-state index is 12.6. The lowest BCUT2D eigenvalue weighted by Gasteiger charge is -2.47. The lowest BCUT2D eigenvalue weighted by Crippen LogP contribution is -2.60. The van der Waals surface area contributed by atoms with Crippen molar-refractivity contribution >= 4 is 11.8 Å². The summed E-state index contributed by atoms with van der Waals surface area (Å²) in [5.74, 6) is 0.274. The van der Waals surface area contributed by atoms with Crippen LogP contribution < -0.4 is 4.90 Å². The van der Waals surface area contributed by atoms with Gasteiger partial charge >= 0.3 is 6.09 Å². The van der Waals surface area contributed by atoms with Crippen molar-refractivity contribution < 1.29 is 14.6 Å². The van der Waals surface area contributed by atoms with E-state index in [1.165, 1.54) is 0 Å². The highest BCUT2D eigenvalue weighted by molar-refractivity contribution is 5.70. The molecule has 1 atom stereocenters. The number of amides is 1. The number of nitrogens with zero attached hydrogens (tertiary/aromatic N) is 2. The van der Waals surface area contributed by atoms with Gasteiger partial charge in [-0.15, -0.1) is 0 Å². The van der Waals surface area contributed by atoms with E-state index in [0.29, 0.717) is 19.6 Å². The molecule has 24 heavy (non-hydrogen) atoms. The predicted octanol–water partition coefficient (Wildman–Crippen LogP) is 3.86. The zero-order chi connectivity index (χ0) is 18.1. The number of hydrogen-bond acceptors (Lipinski definition) is 4. The summed E-state index contributed by atoms with van der Waals surface area (Å²) in [6.45, 7) is 13.9. The summed E-state index contributed by atoms with van der Waals surface area (Å²) in [7, 11) is 0. The van der Waals surface area contributed by atoms with Crippen molar-refractivity contribution in [1.29, 1.82) is 0 Å². The van der Waals surface area contributed by atoms with E-state index in [9.17, 15) is 9.90 Å². The van der Waals surface area contributed by atoms with Crippen LogP contribution in [0.15, 0.2) is 24.3 Å². The van der Waals surface area contributed by atoms with Crippen LogP contribution in [-0.2, 0) is 4.74 Å². The first kappa shape index (κ1) is 18.4. The van der Waals surface area contributed by atoms with Crippen LogP contribution in [-0.4, -0.2) is 47.4 Å². The van der Waals surface area contributed by atoms with Crippen LogP contribution in [0.4, 0.5) is 10.5 Å². The Morgan fingerprint density at radius 2 is 1.75 bits per heavy atom. The average Bonchev–Trinajstić information content (AvgIpc) is 2.44. The van der Waals surface area contributed by atoms with E-state index >= 15 is 0 Å². The third kappa shape index (κ3) is 4.34. The van der Waals surface area contributed by atoms with Crippen LogP contribution in [0.1, 0.15) is 41.5 Å². The van der Waals surface area contributed by atoms with Crippen molar-refractivity contribution in [2.24, 2.45) is 5.41 Å². The number of hydrogen-bond donors (Lipinski definition) is 1. The first-order valence-corrected chi connectivity index (χ1v) is 8.51. The van der Waals surface area contributed by atoms with Crippen LogP contribution in [0.2, 0.25) is 0 Å². The number of carbonyl (C=O) groups excluding carboxylic acids is 1. The first-order valence-electron chi connectivity index (χ1n) is 8.51. The molecular weight excluding hydrogens is 304 g/mol. The zero-order valence-electron chi connectivity index (χ0n) is 15.7. The Morgan fingerprint density at radius 3 is 2.29 bits per heavy atom. The molecule has 0 radical (unpaired) electrons. The lowest BCUT2D eigenvalue weighted by molar-refractivity contribution is -0.000646. The molecule has 1 amide bonds. The van der Waals surface area contributed by atoms with Crippen molar-refractivity contribution in [3.05, 3.63) is 24.3 Å². The van der Waals surface area contributed by atoms with E-state index in [1.54, 1.807) is 6.07 Å². The number of piperazine rings is 1. The molecule has 1 N–H and O–H groups in total. The highest BCUT2D eigenvalue weighted by atomic mass is 16.6. The standard InChI is InChI=1S/C19H30N2O3/c1-18(2,3)16-13-20(14-9-7-8-10-15(14)22)11-12-21(16)17(23)24-19(4,5)6/h7-10,16,22H,11-13H2,1-6H3. The minimum absolute atomic E-state index is 0.000654. The molecule has 5 heteroatoms. The van der Waals surface area contributed by atoms with Crippen LogP contribution in [0.25, 0.3) is 0 Å².